The predicted molar refractivity (Wildman–Crippen MR) is 59.9 cm³/mol. The average Bonchev–Trinajstić information content (AvgIpc) is 1.81. The molecule has 1 unspecified atom stereocenters. The molecule has 0 aromatic heterocycles. The Hall–Kier alpha value is 0.220. The lowest BCUT2D eigenvalue weighted by Gasteiger charge is -2.28. The van der Waals surface area contributed by atoms with Crippen molar-refractivity contribution in [3.63, 3.8) is 0 Å². The van der Waals surface area contributed by atoms with Crippen molar-refractivity contribution in [1.82, 2.24) is 9.80 Å². The molecule has 6 nitrogen and oxygen atoms in total. The minimum absolute atomic E-state index is 0.551. The fourth-order valence-corrected chi connectivity index (χ4v) is 1.73. The lowest BCUT2D eigenvalue weighted by molar-refractivity contribution is 0.151. The van der Waals surface area contributed by atoms with Crippen LogP contribution in [0.25, 0.3) is 0 Å². The predicted octanol–water partition coefficient (Wildman–Crippen LogP) is -0.342. The molecule has 88 valence electrons. The summed E-state index contributed by atoms with van der Waals surface area (Å²) in [5.74, 6) is 0. The monoisotopic (exact) mass is 246 g/mol. The molecular weight excluding hydrogens is 227 g/mol. The van der Waals surface area contributed by atoms with E-state index < -0.39 is 10.4 Å². The van der Waals surface area contributed by atoms with Gasteiger partial charge >= 0.3 is 10.4 Å². The van der Waals surface area contributed by atoms with Crippen molar-refractivity contribution in [3.05, 3.63) is 0 Å². The Morgan fingerprint density at radius 3 is 1.36 bits per heavy atom. The number of rotatable bonds is 3. The van der Waals surface area contributed by atoms with Crippen molar-refractivity contribution in [3.8, 4) is 0 Å². The van der Waals surface area contributed by atoms with Crippen LogP contribution in [0, 0.1) is 0 Å². The van der Waals surface area contributed by atoms with Gasteiger partial charge in [0.25, 0.3) is 0 Å². The molecule has 0 radical (unpaired) electrons. The highest BCUT2D eigenvalue weighted by Crippen LogP contribution is 2.00. The van der Waals surface area contributed by atoms with Gasteiger partial charge < -0.3 is 0 Å². The smallest absolute Gasteiger partial charge is 0.294 e. The highest BCUT2D eigenvalue weighted by molar-refractivity contribution is 7.79. The van der Waals surface area contributed by atoms with Crippen LogP contribution in [0.2, 0.25) is 0 Å². The van der Waals surface area contributed by atoms with Gasteiger partial charge in [-0.2, -0.15) is 8.42 Å². The van der Waals surface area contributed by atoms with Gasteiger partial charge in [-0.05, 0) is 34.4 Å². The van der Waals surface area contributed by atoms with Gasteiger partial charge in [0.1, 0.15) is 0 Å². The zero-order valence-corrected chi connectivity index (χ0v) is 10.8. The first-order valence-corrected chi connectivity index (χ1v) is 6.03. The number of nitrogens with zero attached hydrogens (tertiary/aromatic N) is 2. The van der Waals surface area contributed by atoms with E-state index in [0.717, 1.165) is 6.16 Å². The highest BCUT2D eigenvalue weighted by atomic mass is 32.3. The van der Waals surface area contributed by atoms with Crippen molar-refractivity contribution >= 4 is 19.6 Å². The summed E-state index contributed by atoms with van der Waals surface area (Å²) < 4.78 is 31.6. The van der Waals surface area contributed by atoms with Crippen LogP contribution in [-0.2, 0) is 10.4 Å². The normalized spacial score (nSPS) is 11.9. The Morgan fingerprint density at radius 1 is 1.14 bits per heavy atom. The third kappa shape index (κ3) is 14.7. The summed E-state index contributed by atoms with van der Waals surface area (Å²) in [6, 6.07) is 0. The van der Waals surface area contributed by atoms with Gasteiger partial charge in [0.15, 0.2) is 0 Å². The molecule has 0 amide bonds. The molecule has 0 saturated heterocycles. The molecule has 0 aliphatic rings. The Morgan fingerprint density at radius 2 is 1.36 bits per heavy atom. The Bertz CT molecular complexity index is 214. The van der Waals surface area contributed by atoms with E-state index in [1.54, 1.807) is 0 Å². The molecule has 1 atom stereocenters. The summed E-state index contributed by atoms with van der Waals surface area (Å²) in [5, 5.41) is 0. The average molecular weight is 246 g/mol. The second kappa shape index (κ2) is 7.50. The molecule has 0 bridgehead atoms. The molecule has 0 aliphatic carbocycles. The van der Waals surface area contributed by atoms with Crippen LogP contribution in [0.5, 0.6) is 0 Å². The SMILES string of the molecule is CN(C)C(CP)N(C)C.O=S(=O)(O)O. The van der Waals surface area contributed by atoms with E-state index in [2.05, 4.69) is 47.2 Å². The maximum Gasteiger partial charge on any atom is 0.394 e. The minimum atomic E-state index is -4.67. The van der Waals surface area contributed by atoms with Crippen LogP contribution in [0.3, 0.4) is 0 Å². The van der Waals surface area contributed by atoms with Gasteiger partial charge in [-0.1, -0.05) is 0 Å². The van der Waals surface area contributed by atoms with Crippen LogP contribution in [0.15, 0.2) is 0 Å². The van der Waals surface area contributed by atoms with E-state index in [1.807, 2.05) is 0 Å². The summed E-state index contributed by atoms with van der Waals surface area (Å²) in [4.78, 5) is 4.40. The van der Waals surface area contributed by atoms with Crippen molar-refractivity contribution in [2.24, 2.45) is 0 Å². The number of hydrogen-bond donors (Lipinski definition) is 2. The molecular formula is C6H19N2O4PS. The first-order chi connectivity index (χ1) is 6.09. The quantitative estimate of drug-likeness (QED) is 0.403. The minimum Gasteiger partial charge on any atom is -0.294 e. The van der Waals surface area contributed by atoms with Crippen LogP contribution in [-0.4, -0.2) is 67.8 Å². The first kappa shape index (κ1) is 16.6. The highest BCUT2D eigenvalue weighted by Gasteiger charge is 2.09. The van der Waals surface area contributed by atoms with E-state index in [-0.39, 0.29) is 0 Å². The molecule has 0 heterocycles. The largest absolute Gasteiger partial charge is 0.394 e. The molecule has 14 heavy (non-hydrogen) atoms. The lowest BCUT2D eigenvalue weighted by Crippen LogP contribution is -2.41. The molecule has 0 aliphatic heterocycles. The van der Waals surface area contributed by atoms with Gasteiger partial charge in [-0.15, -0.1) is 9.24 Å². The second-order valence-corrected chi connectivity index (χ2v) is 4.46. The van der Waals surface area contributed by atoms with Gasteiger partial charge in [-0.25, -0.2) is 0 Å². The summed E-state index contributed by atoms with van der Waals surface area (Å²) >= 11 is 0. The Labute approximate surface area is 88.1 Å². The van der Waals surface area contributed by atoms with Gasteiger partial charge in [0.2, 0.25) is 0 Å². The summed E-state index contributed by atoms with van der Waals surface area (Å²) in [6.45, 7) is 0. The molecule has 0 rings (SSSR count). The first-order valence-electron chi connectivity index (χ1n) is 3.82. The van der Waals surface area contributed by atoms with E-state index in [4.69, 9.17) is 17.5 Å². The van der Waals surface area contributed by atoms with E-state index >= 15 is 0 Å². The van der Waals surface area contributed by atoms with Crippen LogP contribution < -0.4 is 0 Å². The Balaban J connectivity index is 0. The van der Waals surface area contributed by atoms with Crippen LogP contribution >= 0.6 is 9.24 Å². The molecule has 0 fully saturated rings. The van der Waals surface area contributed by atoms with Crippen molar-refractivity contribution in [1.29, 1.82) is 0 Å². The zero-order chi connectivity index (χ0) is 11.9. The fraction of sp³-hybridized carbons (Fsp3) is 1.00. The van der Waals surface area contributed by atoms with Crippen LogP contribution in [0.1, 0.15) is 0 Å². The van der Waals surface area contributed by atoms with Gasteiger partial charge in [0.05, 0.1) is 6.17 Å². The summed E-state index contributed by atoms with van der Waals surface area (Å²) in [7, 11) is 6.45. The topological polar surface area (TPSA) is 81.1 Å². The Kier molecular flexibility index (Phi) is 8.92. The standard InChI is InChI=1S/C6H17N2P.H2O4S/c1-7(2)6(5-9)8(3)4;1-5(2,3)4/h6H,5,9H2,1-4H3;(H2,1,2,3,4). The molecule has 2 N–H and O–H groups in total. The van der Waals surface area contributed by atoms with E-state index in [0.29, 0.717) is 6.17 Å². The maximum absolute atomic E-state index is 8.74. The number of hydrogen-bond acceptors (Lipinski definition) is 4. The second-order valence-electron chi connectivity index (χ2n) is 3.09. The molecule has 0 saturated carbocycles. The maximum atomic E-state index is 8.74. The summed E-state index contributed by atoms with van der Waals surface area (Å²) in [5.41, 5.74) is 0. The van der Waals surface area contributed by atoms with Gasteiger partial charge in [-0.3, -0.25) is 18.9 Å². The third-order valence-corrected chi connectivity index (χ3v) is 1.82. The van der Waals surface area contributed by atoms with Crippen molar-refractivity contribution < 1.29 is 17.5 Å². The fourth-order valence-electron chi connectivity index (χ4n) is 0.884. The zero-order valence-electron chi connectivity index (χ0n) is 8.88. The molecule has 8 heteroatoms. The molecule has 0 aromatic carbocycles. The molecule has 0 aromatic rings. The lowest BCUT2D eigenvalue weighted by atomic mass is 10.5. The molecule has 0 spiro atoms. The van der Waals surface area contributed by atoms with Crippen LogP contribution in [0.4, 0.5) is 0 Å². The van der Waals surface area contributed by atoms with Crippen molar-refractivity contribution in [2.75, 3.05) is 34.4 Å². The van der Waals surface area contributed by atoms with E-state index in [9.17, 15) is 0 Å². The summed E-state index contributed by atoms with van der Waals surface area (Å²) in [6.07, 6.45) is 1.65. The van der Waals surface area contributed by atoms with Gasteiger partial charge in [0, 0.05) is 0 Å². The van der Waals surface area contributed by atoms with Crippen molar-refractivity contribution in [2.45, 2.75) is 6.17 Å². The van der Waals surface area contributed by atoms with E-state index in [1.165, 1.54) is 0 Å². The third-order valence-electron chi connectivity index (χ3n) is 1.40.